The lowest BCUT2D eigenvalue weighted by Crippen LogP contribution is -2.48. The molecule has 8 aromatic heterocycles. The first-order chi connectivity index (χ1) is 66.5. The summed E-state index contributed by atoms with van der Waals surface area (Å²) in [5.41, 5.74) is 9.55. The minimum Gasteiger partial charge on any atom is -0.378 e. The quantitative estimate of drug-likeness (QED) is 0.0327. The van der Waals surface area contributed by atoms with Crippen LogP contribution in [0.25, 0.3) is 82.2 Å². The standard InChI is InChI=1S/C34H38N8O3S.C31H35N9O4S.C31H35N9O3S2/c1-46-34(33(44)37-27-7-8-29-28(21-27)32(39-38-29)42-17-19-45-20-18-42)11-16-40(23-34)22-30(43)41-14-9-25(10-15-41)24-3-5-26(6-4-24)31-35-12-2-13-36-31;1-43-31(30(42)35-22-3-4-24-23(17-22)28(37-36-24)40-13-15-44-16-14-40)7-12-38(20-31)19-26(41)39-10-5-21(6-11-39)29-34-18-25(45-29)27-32-8-2-9-33-27;1-44-31(30(42)35-22-3-4-24-23(17-22)28(37-36-24)40-13-15-43-16-14-40)7-12-38(20-31)19-26(41)39-10-5-21(6-11-39)29-34-18-25(45-29)27-32-8-2-9-33-27/h2-9,12-13,21H,10-11,14-20,22-23H2,1H3,(H,37,44)(H,38,39);2*2-5,8-9,17-18H,6-7,10-16,19-20H2,1H3,(H,35,42)(H,36,37)/t34-;2*31-/m000/s1. The predicted molar refractivity (Wildman–Crippen MR) is 530 cm³/mol. The van der Waals surface area contributed by atoms with Gasteiger partial charge in [0.05, 0.1) is 85.6 Å². The Morgan fingerprint density at radius 3 is 1.13 bits per heavy atom. The van der Waals surface area contributed by atoms with Gasteiger partial charge in [-0.2, -0.15) is 15.3 Å². The first-order valence-corrected chi connectivity index (χ1v) is 50.1. The second-order valence-electron chi connectivity index (χ2n) is 34.9. The summed E-state index contributed by atoms with van der Waals surface area (Å²) in [4.78, 5) is 136. The van der Waals surface area contributed by atoms with E-state index in [0.29, 0.717) is 174 Å². The molecule has 17 heterocycles. The average molecular weight is 1910 g/mol. The lowest BCUT2D eigenvalue weighted by Gasteiger charge is -2.29. The Hall–Kier alpha value is -12.4. The number of ether oxygens (including phenoxy) is 4. The first kappa shape index (κ1) is 92.7. The van der Waals surface area contributed by atoms with Gasteiger partial charge in [0.2, 0.25) is 29.5 Å². The van der Waals surface area contributed by atoms with Crippen molar-refractivity contribution in [3.63, 3.8) is 0 Å². The second kappa shape index (κ2) is 42.1. The van der Waals surface area contributed by atoms with E-state index in [-0.39, 0.29) is 42.0 Å². The SMILES string of the molecule is CO[C@@]1(C(=O)Nc2ccc3[nH]nc(N4CCOCC4)c3c2)CCN(CC(=O)N2CC=C(c3ncc(-c4ncccn4)s3)CC2)C1.CS[C@@]1(C(=O)Nc2ccc3[nH]nc(N4CCOCC4)c3c2)CCN(CC(=O)N2CC=C(c3ccc(-c4ncccn4)cc3)CC2)C1.CS[C@@]1(C(=O)Nc2ccc3[nH]nc(N4CCOCC4)c3c2)CCN(CC(=O)N2CC=C(c3ncc(-c4ncccn4)s3)CC2)C1. The van der Waals surface area contributed by atoms with Crippen LogP contribution in [-0.4, -0.2) is 347 Å². The molecule has 21 rings (SSSR count). The topological polar surface area (TPSA) is 394 Å². The highest BCUT2D eigenvalue weighted by Gasteiger charge is 2.48. The number of aromatic amines is 3. The summed E-state index contributed by atoms with van der Waals surface area (Å²) < 4.78 is 21.1. The van der Waals surface area contributed by atoms with Crippen molar-refractivity contribution in [3.05, 3.63) is 180 Å². The van der Waals surface area contributed by atoms with Gasteiger partial charge in [0.1, 0.15) is 19.5 Å². The molecule has 0 spiro atoms. The van der Waals surface area contributed by atoms with Gasteiger partial charge >= 0.3 is 0 Å². The van der Waals surface area contributed by atoms with Crippen LogP contribution in [0.3, 0.4) is 0 Å². The van der Waals surface area contributed by atoms with E-state index < -0.39 is 15.1 Å². The number of H-pyrrole nitrogens is 3. The molecule has 6 saturated heterocycles. The fraction of sp³-hybridized carbons (Fsp3) is 0.406. The number of anilines is 6. The molecular formula is C96H108N26O10S4. The number of carbonyl (C=O) groups excluding carboxylic acids is 6. The zero-order valence-electron chi connectivity index (χ0n) is 76.1. The van der Waals surface area contributed by atoms with E-state index in [1.165, 1.54) is 5.57 Å². The maximum atomic E-state index is 13.7. The van der Waals surface area contributed by atoms with Gasteiger partial charge in [-0.15, -0.1) is 46.2 Å². The largest absolute Gasteiger partial charge is 0.378 e. The molecule has 0 radical (unpaired) electrons. The lowest BCUT2D eigenvalue weighted by atomic mass is 9.98. The minimum atomic E-state index is -1.04. The molecule has 0 saturated carbocycles. The number of carbonyl (C=O) groups is 6. The van der Waals surface area contributed by atoms with Gasteiger partial charge in [-0.1, -0.05) is 42.5 Å². The van der Waals surface area contributed by atoms with Gasteiger partial charge in [-0.05, 0) is 146 Å². The molecule has 6 fully saturated rings. The van der Waals surface area contributed by atoms with Crippen LogP contribution in [0.15, 0.2) is 165 Å². The highest BCUT2D eigenvalue weighted by atomic mass is 32.2. The van der Waals surface area contributed by atoms with Crippen molar-refractivity contribution in [1.82, 2.24) is 99.9 Å². The molecule has 0 bridgehead atoms. The Bertz CT molecular complexity index is 6130. The number of thiazole rings is 2. The first-order valence-electron chi connectivity index (χ1n) is 46.0. The van der Waals surface area contributed by atoms with Crippen LogP contribution >= 0.6 is 46.2 Å². The number of nitrogens with zero attached hydrogens (tertiary/aromatic N) is 20. The van der Waals surface area contributed by atoms with E-state index >= 15 is 0 Å². The Kier molecular flexibility index (Phi) is 28.7. The van der Waals surface area contributed by atoms with Crippen LogP contribution in [0, 0.1) is 0 Å². The molecule has 40 heteroatoms. The molecular weight excluding hydrogens is 1810 g/mol. The number of morpholine rings is 3. The fourth-order valence-corrected chi connectivity index (χ4v) is 22.3. The Morgan fingerprint density at radius 2 is 0.765 bits per heavy atom. The number of nitrogens with one attached hydrogen (secondary N) is 6. The van der Waals surface area contributed by atoms with Crippen LogP contribution < -0.4 is 30.7 Å². The molecule has 136 heavy (non-hydrogen) atoms. The van der Waals surface area contributed by atoms with Gasteiger partial charge in [-0.25, -0.2) is 39.9 Å². The number of thioether (sulfide) groups is 2. The number of hydrogen-bond donors (Lipinski definition) is 6. The zero-order chi connectivity index (χ0) is 93.1. The van der Waals surface area contributed by atoms with Crippen molar-refractivity contribution in [2.45, 2.75) is 53.6 Å². The highest BCUT2D eigenvalue weighted by molar-refractivity contribution is 8.01. The molecule has 3 atom stereocenters. The van der Waals surface area contributed by atoms with Gasteiger partial charge < -0.3 is 64.3 Å². The van der Waals surface area contributed by atoms with E-state index in [1.807, 2.05) is 111 Å². The number of methoxy groups -OCH3 is 1. The Morgan fingerprint density at radius 1 is 0.412 bits per heavy atom. The Labute approximate surface area is 802 Å². The van der Waals surface area contributed by atoms with Gasteiger partial charge in [0.25, 0.3) is 5.91 Å². The van der Waals surface area contributed by atoms with Crippen LogP contribution in [0.1, 0.15) is 54.1 Å². The van der Waals surface area contributed by atoms with E-state index in [1.54, 1.807) is 109 Å². The second-order valence-corrected chi connectivity index (χ2v) is 39.3. The van der Waals surface area contributed by atoms with Gasteiger partial charge in [0, 0.05) is 213 Å². The van der Waals surface area contributed by atoms with Crippen LogP contribution in [0.5, 0.6) is 0 Å². The van der Waals surface area contributed by atoms with Crippen molar-refractivity contribution in [3.8, 4) is 32.8 Å². The summed E-state index contributed by atoms with van der Waals surface area (Å²) in [5.74, 6) is 4.62. The summed E-state index contributed by atoms with van der Waals surface area (Å²) in [6.45, 7) is 16.5. The van der Waals surface area contributed by atoms with Crippen molar-refractivity contribution in [2.24, 2.45) is 0 Å². The minimum absolute atomic E-state index is 0.0268. The van der Waals surface area contributed by atoms with Crippen LogP contribution in [-0.2, 0) is 47.7 Å². The number of hydrogen-bond acceptors (Lipinski definition) is 31. The number of benzene rings is 4. The molecule has 36 nitrogen and oxygen atoms in total. The smallest absolute Gasteiger partial charge is 0.258 e. The van der Waals surface area contributed by atoms with E-state index in [4.69, 9.17) is 18.9 Å². The third kappa shape index (κ3) is 20.8. The summed E-state index contributed by atoms with van der Waals surface area (Å²) in [5, 5.41) is 37.1. The number of rotatable bonds is 24. The molecule has 0 unspecified atom stereocenters. The van der Waals surface area contributed by atoms with Crippen LogP contribution in [0.2, 0.25) is 0 Å². The molecule has 9 aliphatic heterocycles. The summed E-state index contributed by atoms with van der Waals surface area (Å²) >= 11 is 6.26. The van der Waals surface area contributed by atoms with Crippen molar-refractivity contribution in [1.29, 1.82) is 0 Å². The molecule has 12 aromatic rings. The monoisotopic (exact) mass is 1910 g/mol. The summed E-state index contributed by atoms with van der Waals surface area (Å²) in [7, 11) is 1.56. The van der Waals surface area contributed by atoms with Crippen LogP contribution in [0.4, 0.5) is 34.5 Å². The van der Waals surface area contributed by atoms with E-state index in [9.17, 15) is 28.8 Å². The summed E-state index contributed by atoms with van der Waals surface area (Å²) in [6.07, 6.45) is 28.4. The molecule has 0 aliphatic carbocycles. The van der Waals surface area contributed by atoms with E-state index in [2.05, 4.69) is 141 Å². The number of fused-ring (bicyclic) bond motifs is 3. The van der Waals surface area contributed by atoms with Crippen molar-refractivity contribution in [2.75, 3.05) is 227 Å². The molecule has 9 aliphatic rings. The maximum Gasteiger partial charge on any atom is 0.258 e. The fourth-order valence-electron chi connectivity index (χ4n) is 18.7. The van der Waals surface area contributed by atoms with Crippen molar-refractivity contribution < 1.29 is 47.7 Å². The van der Waals surface area contributed by atoms with E-state index in [0.717, 1.165) is 162 Å². The third-order valence-electron chi connectivity index (χ3n) is 26.7. The third-order valence-corrected chi connectivity index (χ3v) is 31.4. The average Bonchev–Trinajstić information content (AvgIpc) is 1.69. The summed E-state index contributed by atoms with van der Waals surface area (Å²) in [6, 6.07) is 31.1. The predicted octanol–water partition coefficient (Wildman–Crippen LogP) is 9.95. The number of aromatic nitrogens is 14. The van der Waals surface area contributed by atoms with Gasteiger partial charge in [-0.3, -0.25) is 58.8 Å². The zero-order valence-corrected chi connectivity index (χ0v) is 79.3. The number of likely N-dealkylation sites (tertiary alicyclic amines) is 3. The molecule has 706 valence electrons. The normalized spacial score (nSPS) is 20.8. The highest BCUT2D eigenvalue weighted by Crippen LogP contribution is 2.41. The molecule has 6 N–H and O–H groups in total. The molecule has 4 aromatic carbocycles. The van der Waals surface area contributed by atoms with Gasteiger partial charge in [0.15, 0.2) is 40.5 Å². The Balaban J connectivity index is 0.000000131. The maximum absolute atomic E-state index is 13.7. The number of amides is 6. The lowest BCUT2D eigenvalue weighted by molar-refractivity contribution is -0.138. The van der Waals surface area contributed by atoms with Crippen molar-refractivity contribution >= 4 is 166 Å². The molecule has 6 amide bonds.